The molecule has 3 N–H and O–H groups in total. The van der Waals surface area contributed by atoms with Gasteiger partial charge >= 0.3 is 17.9 Å². The summed E-state index contributed by atoms with van der Waals surface area (Å²) in [5.41, 5.74) is 4.05. The molecule has 0 saturated heterocycles. The fraction of sp³-hybridized carbons (Fsp3) is 0.386. The molecule has 55 heavy (non-hydrogen) atoms. The van der Waals surface area contributed by atoms with Crippen LogP contribution in [0.15, 0.2) is 97.1 Å². The van der Waals surface area contributed by atoms with E-state index in [-0.39, 0.29) is 48.9 Å². The predicted octanol–water partition coefficient (Wildman–Crippen LogP) is 7.10. The molecule has 0 atom stereocenters. The highest BCUT2D eigenvalue weighted by molar-refractivity contribution is 5.92. The minimum absolute atomic E-state index is 0.0118. The summed E-state index contributed by atoms with van der Waals surface area (Å²) >= 11 is 0. The van der Waals surface area contributed by atoms with Gasteiger partial charge in [-0.3, -0.25) is 0 Å². The van der Waals surface area contributed by atoms with Gasteiger partial charge in [-0.1, -0.05) is 95.9 Å². The molecule has 0 unspecified atom stereocenters. The van der Waals surface area contributed by atoms with Gasteiger partial charge in [0.2, 0.25) is 0 Å². The van der Waals surface area contributed by atoms with E-state index in [4.69, 9.17) is 33.9 Å². The molecule has 3 rings (SSSR count). The smallest absolute Gasteiger partial charge is 0.341 e. The lowest BCUT2D eigenvalue weighted by Crippen LogP contribution is -2.15. The van der Waals surface area contributed by atoms with Crippen LogP contribution < -0.4 is 14.2 Å². The highest BCUT2D eigenvalue weighted by Gasteiger charge is 2.19. The Morgan fingerprint density at radius 2 is 0.982 bits per heavy atom. The number of benzene rings is 3. The Morgan fingerprint density at radius 3 is 1.45 bits per heavy atom. The van der Waals surface area contributed by atoms with Crippen LogP contribution in [0.5, 0.6) is 17.2 Å². The van der Waals surface area contributed by atoms with Crippen molar-refractivity contribution in [1.29, 1.82) is 0 Å². The largest absolute Gasteiger partial charge is 0.490 e. The number of ether oxygens (including phenoxy) is 5. The Balaban J connectivity index is 1.89. The van der Waals surface area contributed by atoms with Gasteiger partial charge in [0.15, 0.2) is 0 Å². The molecule has 0 radical (unpaired) electrons. The lowest BCUT2D eigenvalue weighted by molar-refractivity contribution is -0.141. The maximum absolute atomic E-state index is 13.0. The van der Waals surface area contributed by atoms with Crippen LogP contribution in [-0.4, -0.2) is 79.5 Å². The van der Waals surface area contributed by atoms with E-state index in [1.807, 2.05) is 36.4 Å². The first-order valence-corrected chi connectivity index (χ1v) is 18.7. The van der Waals surface area contributed by atoms with E-state index in [9.17, 15) is 19.5 Å². The van der Waals surface area contributed by atoms with Gasteiger partial charge in [0.05, 0.1) is 36.5 Å². The molecule has 3 aromatic carbocycles. The third-order valence-electron chi connectivity index (χ3n) is 8.65. The molecule has 11 heteroatoms. The zero-order chi connectivity index (χ0) is 40.0. The molecule has 0 aliphatic heterocycles. The highest BCUT2D eigenvalue weighted by atomic mass is 16.6. The summed E-state index contributed by atoms with van der Waals surface area (Å²) in [6, 6.07) is 18.5. The Kier molecular flexibility index (Phi) is 19.5. The molecule has 0 aliphatic carbocycles. The van der Waals surface area contributed by atoms with Gasteiger partial charge < -0.3 is 39.0 Å². The van der Waals surface area contributed by atoms with E-state index in [1.54, 1.807) is 24.3 Å². The minimum atomic E-state index is -0.754. The minimum Gasteiger partial charge on any atom is -0.490 e. The number of rotatable bonds is 26. The van der Waals surface area contributed by atoms with E-state index in [0.29, 0.717) is 17.1 Å². The van der Waals surface area contributed by atoms with Crippen LogP contribution in [0.25, 0.3) is 22.3 Å². The second-order valence-electron chi connectivity index (χ2n) is 12.9. The monoisotopic (exact) mass is 758 g/mol. The number of unbranched alkanes of at least 4 members (excludes halogenated alkanes) is 7. The van der Waals surface area contributed by atoms with E-state index in [1.165, 1.54) is 32.1 Å². The van der Waals surface area contributed by atoms with Crippen LogP contribution >= 0.6 is 0 Å². The number of carbonyl (C=O) groups excluding carboxylic acids is 3. The second kappa shape index (κ2) is 24.2. The van der Waals surface area contributed by atoms with Gasteiger partial charge in [-0.15, -0.1) is 0 Å². The zero-order valence-electron chi connectivity index (χ0n) is 31.8. The Labute approximate surface area is 323 Å². The van der Waals surface area contributed by atoms with Gasteiger partial charge in [0.25, 0.3) is 0 Å². The second-order valence-corrected chi connectivity index (χ2v) is 12.9. The quantitative estimate of drug-likeness (QED) is 0.0332. The lowest BCUT2D eigenvalue weighted by atomic mass is 9.91. The molecule has 11 nitrogen and oxygen atoms in total. The standard InChI is InChI=1S/C44H54O11/c1-5-6-7-8-9-10-11-12-13-36-26-40(35-16-20-38(21-17-35)52-23-25-54-43(49)32(3)29-46)41(55-44(50)33(4)30-47)27-39(36)34-14-18-37(19-15-34)51-22-24-53-42(48)31(2)28-45/h14-21,26-27,45-47H,2-13,22-25,28-30H2,1H3. The van der Waals surface area contributed by atoms with Crippen molar-refractivity contribution in [3.8, 4) is 39.5 Å². The summed E-state index contributed by atoms with van der Waals surface area (Å²) in [6.45, 7) is 11.4. The fourth-order valence-electron chi connectivity index (χ4n) is 5.48. The summed E-state index contributed by atoms with van der Waals surface area (Å²) in [5, 5.41) is 27.7. The maximum atomic E-state index is 13.0. The summed E-state index contributed by atoms with van der Waals surface area (Å²) in [6.07, 6.45) is 10.1. The maximum Gasteiger partial charge on any atom is 0.341 e. The molecule has 296 valence electrons. The summed E-state index contributed by atoms with van der Waals surface area (Å²) in [5.74, 6) is -0.755. The SMILES string of the molecule is C=C(CO)C(=O)OCCOc1ccc(-c2cc(OC(=O)C(=C)CO)c(-c3ccc(OCCOC(=O)C(=C)CO)cc3)cc2CCCCCCCCCC)cc1. The van der Waals surface area contributed by atoms with Gasteiger partial charge in [-0.25, -0.2) is 14.4 Å². The molecule has 0 aromatic heterocycles. The van der Waals surface area contributed by atoms with Gasteiger partial charge in [-0.05, 0) is 71.5 Å². The van der Waals surface area contributed by atoms with Crippen molar-refractivity contribution in [3.63, 3.8) is 0 Å². The van der Waals surface area contributed by atoms with Crippen molar-refractivity contribution in [2.24, 2.45) is 0 Å². The van der Waals surface area contributed by atoms with Crippen molar-refractivity contribution in [3.05, 3.63) is 103 Å². The summed E-state index contributed by atoms with van der Waals surface area (Å²) in [7, 11) is 0. The molecule has 0 bridgehead atoms. The van der Waals surface area contributed by atoms with E-state index < -0.39 is 37.7 Å². The summed E-state index contributed by atoms with van der Waals surface area (Å²) in [4.78, 5) is 36.4. The van der Waals surface area contributed by atoms with Crippen molar-refractivity contribution in [2.45, 2.75) is 64.7 Å². The van der Waals surface area contributed by atoms with Crippen molar-refractivity contribution in [2.75, 3.05) is 46.2 Å². The molecule has 0 aliphatic rings. The molecular formula is C44H54O11. The lowest BCUT2D eigenvalue weighted by Gasteiger charge is -2.18. The molecule has 0 heterocycles. The highest BCUT2D eigenvalue weighted by Crippen LogP contribution is 2.39. The number of aliphatic hydroxyl groups is 3. The van der Waals surface area contributed by atoms with Gasteiger partial charge in [0.1, 0.15) is 43.7 Å². The Morgan fingerprint density at radius 1 is 0.545 bits per heavy atom. The molecule has 3 aromatic rings. The number of hydrogen-bond donors (Lipinski definition) is 3. The van der Waals surface area contributed by atoms with Crippen molar-refractivity contribution < 1.29 is 53.4 Å². The molecule has 0 amide bonds. The first-order chi connectivity index (χ1) is 26.6. The number of aryl methyl sites for hydroxylation is 1. The van der Waals surface area contributed by atoms with E-state index >= 15 is 0 Å². The van der Waals surface area contributed by atoms with Crippen LogP contribution in [0, 0.1) is 0 Å². The average molecular weight is 759 g/mol. The molecule has 0 fully saturated rings. The number of esters is 3. The third-order valence-corrected chi connectivity index (χ3v) is 8.65. The average Bonchev–Trinajstić information content (AvgIpc) is 3.21. The number of hydrogen-bond acceptors (Lipinski definition) is 11. The zero-order valence-corrected chi connectivity index (χ0v) is 31.8. The number of aliphatic hydroxyl groups excluding tert-OH is 3. The van der Waals surface area contributed by atoms with Crippen LogP contribution in [0.3, 0.4) is 0 Å². The summed E-state index contributed by atoms with van der Waals surface area (Å²) < 4.78 is 27.4. The Hall–Kier alpha value is -5.23. The van der Waals surface area contributed by atoms with Crippen LogP contribution in [0.4, 0.5) is 0 Å². The van der Waals surface area contributed by atoms with E-state index in [2.05, 4.69) is 26.7 Å². The van der Waals surface area contributed by atoms with Crippen molar-refractivity contribution >= 4 is 17.9 Å². The van der Waals surface area contributed by atoms with Gasteiger partial charge in [-0.2, -0.15) is 0 Å². The van der Waals surface area contributed by atoms with Crippen LogP contribution in [0.1, 0.15) is 63.9 Å². The molecule has 0 spiro atoms. The van der Waals surface area contributed by atoms with Crippen LogP contribution in [-0.2, 0) is 30.3 Å². The third kappa shape index (κ3) is 14.8. The normalized spacial score (nSPS) is 10.7. The fourth-order valence-corrected chi connectivity index (χ4v) is 5.48. The van der Waals surface area contributed by atoms with Crippen molar-refractivity contribution in [1.82, 2.24) is 0 Å². The van der Waals surface area contributed by atoms with E-state index in [0.717, 1.165) is 47.9 Å². The van der Waals surface area contributed by atoms with Crippen LogP contribution in [0.2, 0.25) is 0 Å². The topological polar surface area (TPSA) is 158 Å². The first-order valence-electron chi connectivity index (χ1n) is 18.7. The predicted molar refractivity (Wildman–Crippen MR) is 211 cm³/mol. The first kappa shape index (κ1) is 44.2. The molecular weight excluding hydrogens is 704 g/mol. The molecule has 0 saturated carbocycles. The Bertz CT molecular complexity index is 1730. The van der Waals surface area contributed by atoms with Gasteiger partial charge in [0, 0.05) is 5.56 Å². The number of carbonyl (C=O) groups is 3.